The molecule has 1 N–H and O–H groups in total. The largest absolute Gasteiger partial charge is 0.486 e. The van der Waals surface area contributed by atoms with E-state index in [1.165, 1.54) is 18.2 Å². The fraction of sp³-hybridized carbons (Fsp3) is 0.0800. The minimum Gasteiger partial charge on any atom is -0.486 e. The van der Waals surface area contributed by atoms with Crippen molar-refractivity contribution in [1.29, 1.82) is 0 Å². The Morgan fingerprint density at radius 1 is 1.00 bits per heavy atom. The molecule has 4 amide bonds. The number of rotatable bonds is 5. The number of halogens is 3. The molecule has 0 saturated carbocycles. The van der Waals surface area contributed by atoms with Crippen LogP contribution >= 0.6 is 43.5 Å². The van der Waals surface area contributed by atoms with Crippen LogP contribution in [0.1, 0.15) is 11.1 Å². The average molecular weight is 635 g/mol. The van der Waals surface area contributed by atoms with Gasteiger partial charge in [0.15, 0.2) is 17.2 Å². The van der Waals surface area contributed by atoms with Crippen LogP contribution in [0.4, 0.5) is 10.5 Å². The van der Waals surface area contributed by atoms with E-state index in [0.29, 0.717) is 33.9 Å². The van der Waals surface area contributed by atoms with Crippen molar-refractivity contribution in [1.82, 2.24) is 5.32 Å². The van der Waals surface area contributed by atoms with Gasteiger partial charge in [-0.3, -0.25) is 14.9 Å². The second-order valence-electron chi connectivity index (χ2n) is 7.72. The molecule has 0 bridgehead atoms. The second kappa shape index (κ2) is 9.96. The minimum atomic E-state index is -0.864. The molecule has 11 heteroatoms. The summed E-state index contributed by atoms with van der Waals surface area (Å²) in [6, 6.07) is 14.6. The molecule has 182 valence electrons. The highest BCUT2D eigenvalue weighted by atomic mass is 79.9. The quantitative estimate of drug-likeness (QED) is 0.280. The van der Waals surface area contributed by atoms with Gasteiger partial charge in [0.2, 0.25) is 6.79 Å². The zero-order chi connectivity index (χ0) is 25.4. The van der Waals surface area contributed by atoms with Gasteiger partial charge >= 0.3 is 6.03 Å². The fourth-order valence-electron chi connectivity index (χ4n) is 3.62. The zero-order valence-corrected chi connectivity index (χ0v) is 22.1. The predicted octanol–water partition coefficient (Wildman–Crippen LogP) is 5.84. The van der Waals surface area contributed by atoms with E-state index in [1.54, 1.807) is 18.2 Å². The third kappa shape index (κ3) is 4.84. The molecule has 36 heavy (non-hydrogen) atoms. The Morgan fingerprint density at radius 2 is 1.75 bits per heavy atom. The van der Waals surface area contributed by atoms with Crippen molar-refractivity contribution < 1.29 is 28.6 Å². The molecule has 1 fully saturated rings. The van der Waals surface area contributed by atoms with E-state index in [1.807, 2.05) is 24.3 Å². The van der Waals surface area contributed by atoms with E-state index >= 15 is 0 Å². The van der Waals surface area contributed by atoms with E-state index in [9.17, 15) is 14.4 Å². The topological polar surface area (TPSA) is 94.2 Å². The van der Waals surface area contributed by atoms with Gasteiger partial charge in [-0.25, -0.2) is 9.69 Å². The van der Waals surface area contributed by atoms with Gasteiger partial charge in [-0.15, -0.1) is 0 Å². The molecule has 0 unspecified atom stereocenters. The summed E-state index contributed by atoms with van der Waals surface area (Å²) in [6.07, 6.45) is 1.36. The van der Waals surface area contributed by atoms with Crippen molar-refractivity contribution >= 4 is 73.1 Å². The fourth-order valence-corrected chi connectivity index (χ4v) is 4.87. The maximum Gasteiger partial charge on any atom is 0.335 e. The molecule has 0 aliphatic carbocycles. The van der Waals surface area contributed by atoms with Gasteiger partial charge in [0, 0.05) is 10.5 Å². The molecule has 2 heterocycles. The van der Waals surface area contributed by atoms with Crippen molar-refractivity contribution in [2.24, 2.45) is 0 Å². The van der Waals surface area contributed by atoms with Crippen LogP contribution in [0, 0.1) is 0 Å². The van der Waals surface area contributed by atoms with E-state index in [-0.39, 0.29) is 23.1 Å². The summed E-state index contributed by atoms with van der Waals surface area (Å²) in [4.78, 5) is 39.1. The highest BCUT2D eigenvalue weighted by Crippen LogP contribution is 2.38. The Balaban J connectivity index is 1.40. The van der Waals surface area contributed by atoms with Gasteiger partial charge in [0.1, 0.15) is 12.2 Å². The molecule has 1 saturated heterocycles. The first-order chi connectivity index (χ1) is 17.3. The van der Waals surface area contributed by atoms with E-state index in [0.717, 1.165) is 14.9 Å². The summed E-state index contributed by atoms with van der Waals surface area (Å²) in [5.41, 5.74) is 1.40. The van der Waals surface area contributed by atoms with Crippen molar-refractivity contribution in [3.8, 4) is 17.2 Å². The van der Waals surface area contributed by atoms with Crippen LogP contribution in [-0.2, 0) is 16.2 Å². The number of hydrogen-bond acceptors (Lipinski definition) is 6. The van der Waals surface area contributed by atoms with E-state index < -0.39 is 17.8 Å². The number of carbonyl (C=O) groups excluding carboxylic acids is 3. The molecular formula is C25H15Br2ClN2O6. The SMILES string of the molecule is O=C1NC(=O)N(c2ccc3c(c2)OCO3)C(=O)/C1=C/c1cc(Cl)c(OCc2ccc(Br)cc2)c(Br)c1. The first-order valence-corrected chi connectivity index (χ1v) is 12.4. The number of amides is 4. The number of ether oxygens (including phenoxy) is 3. The van der Waals surface area contributed by atoms with Gasteiger partial charge in [0.05, 0.1) is 15.2 Å². The molecule has 0 atom stereocenters. The number of nitrogens with one attached hydrogen (secondary N) is 1. The van der Waals surface area contributed by atoms with Crippen LogP contribution in [0.15, 0.2) is 69.1 Å². The van der Waals surface area contributed by atoms with Gasteiger partial charge in [0.25, 0.3) is 11.8 Å². The third-order valence-corrected chi connectivity index (χ3v) is 6.74. The number of fused-ring (bicyclic) bond motifs is 1. The molecule has 5 rings (SSSR count). The van der Waals surface area contributed by atoms with Crippen LogP contribution < -0.4 is 24.4 Å². The molecule has 0 aromatic heterocycles. The van der Waals surface area contributed by atoms with Crippen LogP contribution in [0.3, 0.4) is 0 Å². The number of carbonyl (C=O) groups is 3. The van der Waals surface area contributed by atoms with Crippen molar-refractivity contribution in [3.05, 3.63) is 85.3 Å². The standard InChI is InChI=1S/C25H15Br2ClN2O6/c26-15-3-1-13(2-4-15)11-34-22-18(27)8-14(9-19(22)28)7-17-23(31)29-25(33)30(24(17)32)16-5-6-20-21(10-16)36-12-35-20/h1-10H,11-12H2,(H,29,31,33)/b17-7+. The number of urea groups is 1. The summed E-state index contributed by atoms with van der Waals surface area (Å²) < 4.78 is 18.0. The molecule has 3 aromatic carbocycles. The van der Waals surface area contributed by atoms with Crippen LogP contribution in [0.2, 0.25) is 5.02 Å². The Labute approximate surface area is 227 Å². The first-order valence-electron chi connectivity index (χ1n) is 10.5. The van der Waals surface area contributed by atoms with Crippen LogP contribution in [-0.4, -0.2) is 24.6 Å². The first kappa shape index (κ1) is 24.4. The van der Waals surface area contributed by atoms with Crippen molar-refractivity contribution in [2.45, 2.75) is 6.61 Å². The van der Waals surface area contributed by atoms with Crippen molar-refractivity contribution in [3.63, 3.8) is 0 Å². The summed E-state index contributed by atoms with van der Waals surface area (Å²) in [6.45, 7) is 0.334. The molecule has 3 aromatic rings. The van der Waals surface area contributed by atoms with E-state index in [2.05, 4.69) is 37.2 Å². The average Bonchev–Trinajstić information content (AvgIpc) is 3.30. The zero-order valence-electron chi connectivity index (χ0n) is 18.2. The monoisotopic (exact) mass is 632 g/mol. The summed E-state index contributed by atoms with van der Waals surface area (Å²) >= 11 is 13.3. The molecule has 8 nitrogen and oxygen atoms in total. The summed E-state index contributed by atoms with van der Waals surface area (Å²) in [5.74, 6) is -0.295. The van der Waals surface area contributed by atoms with Crippen LogP contribution in [0.5, 0.6) is 17.2 Å². The number of barbiturate groups is 1. The van der Waals surface area contributed by atoms with Crippen LogP contribution in [0.25, 0.3) is 6.08 Å². The number of nitrogens with zero attached hydrogens (tertiary/aromatic N) is 1. The predicted molar refractivity (Wildman–Crippen MR) is 139 cm³/mol. The lowest BCUT2D eigenvalue weighted by atomic mass is 10.1. The lowest BCUT2D eigenvalue weighted by Crippen LogP contribution is -2.54. The number of imide groups is 2. The Hall–Kier alpha value is -3.34. The lowest BCUT2D eigenvalue weighted by Gasteiger charge is -2.26. The number of hydrogen-bond donors (Lipinski definition) is 1. The Kier molecular flexibility index (Phi) is 6.74. The van der Waals surface area contributed by atoms with Gasteiger partial charge in [-0.2, -0.15) is 0 Å². The second-order valence-corrected chi connectivity index (χ2v) is 9.90. The highest BCUT2D eigenvalue weighted by molar-refractivity contribution is 9.10. The molecule has 2 aliphatic heterocycles. The van der Waals surface area contributed by atoms with Gasteiger partial charge in [-0.05, 0) is 69.5 Å². The third-order valence-electron chi connectivity index (χ3n) is 5.34. The lowest BCUT2D eigenvalue weighted by molar-refractivity contribution is -0.122. The molecule has 0 radical (unpaired) electrons. The molecule has 2 aliphatic rings. The smallest absolute Gasteiger partial charge is 0.335 e. The molecule has 0 spiro atoms. The van der Waals surface area contributed by atoms with Crippen molar-refractivity contribution in [2.75, 3.05) is 11.7 Å². The van der Waals surface area contributed by atoms with E-state index in [4.69, 9.17) is 25.8 Å². The summed E-state index contributed by atoms with van der Waals surface area (Å²) in [7, 11) is 0. The number of anilines is 1. The summed E-state index contributed by atoms with van der Waals surface area (Å²) in [5, 5.41) is 2.47. The minimum absolute atomic E-state index is 0.0427. The number of benzene rings is 3. The maximum absolute atomic E-state index is 13.2. The Morgan fingerprint density at radius 3 is 2.50 bits per heavy atom. The molecular weight excluding hydrogens is 620 g/mol. The maximum atomic E-state index is 13.2. The Bertz CT molecular complexity index is 1420. The van der Waals surface area contributed by atoms with Gasteiger partial charge in [-0.1, -0.05) is 39.7 Å². The van der Waals surface area contributed by atoms with Gasteiger partial charge < -0.3 is 14.2 Å². The highest BCUT2D eigenvalue weighted by Gasteiger charge is 2.37. The normalized spacial score (nSPS) is 15.9.